The number of aromatic nitrogens is 1. The van der Waals surface area contributed by atoms with E-state index in [1.165, 1.54) is 0 Å². The van der Waals surface area contributed by atoms with Crippen LogP contribution in [0.1, 0.15) is 43.6 Å². The highest BCUT2D eigenvalue weighted by Crippen LogP contribution is 2.15. The number of aryl methyl sites for hydroxylation is 1. The number of rotatable bonds is 5. The van der Waals surface area contributed by atoms with Crippen LogP contribution in [0, 0.1) is 0 Å². The third-order valence-electron chi connectivity index (χ3n) is 3.83. The Morgan fingerprint density at radius 2 is 2.37 bits per heavy atom. The first-order valence-corrected chi connectivity index (χ1v) is 7.44. The fourth-order valence-electron chi connectivity index (χ4n) is 2.86. The average Bonchev–Trinajstić information content (AvgIpc) is 2.89. The lowest BCUT2D eigenvalue weighted by atomic mass is 10.1. The van der Waals surface area contributed by atoms with Crippen LogP contribution in [-0.2, 0) is 6.54 Å². The zero-order valence-corrected chi connectivity index (χ0v) is 12.1. The van der Waals surface area contributed by atoms with Crippen molar-refractivity contribution in [3.8, 4) is 0 Å². The third kappa shape index (κ3) is 3.18. The number of amides is 1. The minimum absolute atomic E-state index is 0.176. The molecule has 0 spiro atoms. The lowest BCUT2D eigenvalue weighted by Gasteiger charge is -2.34. The van der Waals surface area contributed by atoms with E-state index in [9.17, 15) is 4.79 Å². The van der Waals surface area contributed by atoms with Crippen molar-refractivity contribution in [3.05, 3.63) is 24.0 Å². The summed E-state index contributed by atoms with van der Waals surface area (Å²) in [5.41, 5.74) is 0.828. The maximum atomic E-state index is 12.7. The lowest BCUT2D eigenvalue weighted by molar-refractivity contribution is 0.0651. The normalized spacial score (nSPS) is 19.4. The van der Waals surface area contributed by atoms with Crippen molar-refractivity contribution in [1.29, 1.82) is 0 Å². The number of hydrogen-bond acceptors (Lipinski definition) is 2. The molecule has 2 heterocycles. The molecular weight excluding hydrogens is 238 g/mol. The molecule has 2 rings (SSSR count). The van der Waals surface area contributed by atoms with E-state index in [1.54, 1.807) is 0 Å². The van der Waals surface area contributed by atoms with Gasteiger partial charge in [0.05, 0.1) is 0 Å². The molecule has 0 aromatic carbocycles. The lowest BCUT2D eigenvalue weighted by Crippen LogP contribution is -2.49. The van der Waals surface area contributed by atoms with Crippen molar-refractivity contribution in [1.82, 2.24) is 14.8 Å². The van der Waals surface area contributed by atoms with Gasteiger partial charge in [0.15, 0.2) is 0 Å². The summed E-state index contributed by atoms with van der Waals surface area (Å²) in [6, 6.07) is 4.25. The Bertz CT molecular complexity index is 407. The SMILES string of the molecule is CCCn1cccc1C(=O)N(CC)C1CCCNC1. The Hall–Kier alpha value is -1.29. The summed E-state index contributed by atoms with van der Waals surface area (Å²) in [7, 11) is 0. The highest BCUT2D eigenvalue weighted by Gasteiger charge is 2.26. The highest BCUT2D eigenvalue weighted by molar-refractivity contribution is 5.93. The monoisotopic (exact) mass is 263 g/mol. The van der Waals surface area contributed by atoms with Gasteiger partial charge >= 0.3 is 0 Å². The summed E-state index contributed by atoms with van der Waals surface area (Å²) < 4.78 is 2.07. The summed E-state index contributed by atoms with van der Waals surface area (Å²) in [4.78, 5) is 14.7. The van der Waals surface area contributed by atoms with E-state index >= 15 is 0 Å². The molecule has 1 aromatic rings. The first-order chi connectivity index (χ1) is 9.27. The largest absolute Gasteiger partial charge is 0.344 e. The molecule has 0 bridgehead atoms. The van der Waals surface area contributed by atoms with E-state index in [-0.39, 0.29) is 5.91 Å². The van der Waals surface area contributed by atoms with Gasteiger partial charge in [0, 0.05) is 31.9 Å². The van der Waals surface area contributed by atoms with Gasteiger partial charge in [-0.3, -0.25) is 4.79 Å². The molecule has 1 unspecified atom stereocenters. The number of piperidine rings is 1. The molecule has 19 heavy (non-hydrogen) atoms. The van der Waals surface area contributed by atoms with Crippen molar-refractivity contribution >= 4 is 5.91 Å². The smallest absolute Gasteiger partial charge is 0.270 e. The Morgan fingerprint density at radius 1 is 1.53 bits per heavy atom. The molecule has 1 aliphatic heterocycles. The molecule has 106 valence electrons. The van der Waals surface area contributed by atoms with Crippen LogP contribution in [0.15, 0.2) is 18.3 Å². The predicted molar refractivity (Wildman–Crippen MR) is 77.3 cm³/mol. The minimum Gasteiger partial charge on any atom is -0.344 e. The van der Waals surface area contributed by atoms with Crippen molar-refractivity contribution < 1.29 is 4.79 Å². The van der Waals surface area contributed by atoms with E-state index in [0.717, 1.165) is 51.1 Å². The molecule has 1 fully saturated rings. The summed E-state index contributed by atoms with van der Waals surface area (Å²) in [5.74, 6) is 0.176. The van der Waals surface area contributed by atoms with Crippen LogP contribution in [0.4, 0.5) is 0 Å². The van der Waals surface area contributed by atoms with Gasteiger partial charge in [0.2, 0.25) is 0 Å². The van der Waals surface area contributed by atoms with Crippen LogP contribution in [0.5, 0.6) is 0 Å². The van der Waals surface area contributed by atoms with Gasteiger partial charge in [-0.05, 0) is 44.9 Å². The molecule has 1 atom stereocenters. The fourth-order valence-corrected chi connectivity index (χ4v) is 2.86. The van der Waals surface area contributed by atoms with Gasteiger partial charge in [-0.1, -0.05) is 6.92 Å². The van der Waals surface area contributed by atoms with E-state index in [0.29, 0.717) is 6.04 Å². The van der Waals surface area contributed by atoms with Crippen molar-refractivity contribution in [2.24, 2.45) is 0 Å². The molecule has 4 heteroatoms. The standard InChI is InChI=1S/C15H25N3O/c1-3-10-17-11-6-8-14(17)15(19)18(4-2)13-7-5-9-16-12-13/h6,8,11,13,16H,3-5,7,9-10,12H2,1-2H3. The molecule has 1 saturated heterocycles. The Kier molecular flexibility index (Phi) is 5.02. The number of carbonyl (C=O) groups is 1. The predicted octanol–water partition coefficient (Wildman–Crippen LogP) is 2.11. The van der Waals surface area contributed by atoms with Crippen LogP contribution in [0.3, 0.4) is 0 Å². The molecule has 4 nitrogen and oxygen atoms in total. The Balaban J connectivity index is 2.12. The van der Waals surface area contributed by atoms with Crippen LogP contribution in [-0.4, -0.2) is 41.1 Å². The molecule has 0 saturated carbocycles. The van der Waals surface area contributed by atoms with E-state index in [2.05, 4.69) is 23.7 Å². The van der Waals surface area contributed by atoms with Crippen molar-refractivity contribution in [3.63, 3.8) is 0 Å². The number of likely N-dealkylation sites (N-methyl/N-ethyl adjacent to an activating group) is 1. The molecule has 1 aliphatic rings. The summed E-state index contributed by atoms with van der Waals surface area (Å²) in [6.07, 6.45) is 5.32. The second kappa shape index (κ2) is 6.75. The molecule has 0 radical (unpaired) electrons. The zero-order valence-electron chi connectivity index (χ0n) is 12.1. The first kappa shape index (κ1) is 14.1. The molecule has 1 amide bonds. The second-order valence-electron chi connectivity index (χ2n) is 5.18. The van der Waals surface area contributed by atoms with Gasteiger partial charge in [-0.2, -0.15) is 0 Å². The molecule has 0 aliphatic carbocycles. The van der Waals surface area contributed by atoms with Crippen LogP contribution in [0.2, 0.25) is 0 Å². The first-order valence-electron chi connectivity index (χ1n) is 7.44. The summed E-state index contributed by atoms with van der Waals surface area (Å²) >= 11 is 0. The van der Waals surface area contributed by atoms with E-state index in [1.807, 2.05) is 23.2 Å². The summed E-state index contributed by atoms with van der Waals surface area (Å²) in [5, 5.41) is 3.39. The minimum atomic E-state index is 0.176. The number of carbonyl (C=O) groups excluding carboxylic acids is 1. The van der Waals surface area contributed by atoms with Gasteiger partial charge in [0.1, 0.15) is 5.69 Å². The van der Waals surface area contributed by atoms with Gasteiger partial charge in [-0.25, -0.2) is 0 Å². The Labute approximate surface area is 115 Å². The number of nitrogens with one attached hydrogen (secondary N) is 1. The molecular formula is C15H25N3O. The van der Waals surface area contributed by atoms with E-state index < -0.39 is 0 Å². The fraction of sp³-hybridized carbons (Fsp3) is 0.667. The van der Waals surface area contributed by atoms with Crippen LogP contribution >= 0.6 is 0 Å². The van der Waals surface area contributed by atoms with Crippen molar-refractivity contribution in [2.75, 3.05) is 19.6 Å². The van der Waals surface area contributed by atoms with Gasteiger partial charge < -0.3 is 14.8 Å². The van der Waals surface area contributed by atoms with Gasteiger partial charge in [0.25, 0.3) is 5.91 Å². The number of hydrogen-bond donors (Lipinski definition) is 1. The third-order valence-corrected chi connectivity index (χ3v) is 3.83. The average molecular weight is 263 g/mol. The van der Waals surface area contributed by atoms with Crippen molar-refractivity contribution in [2.45, 2.75) is 45.7 Å². The van der Waals surface area contributed by atoms with E-state index in [4.69, 9.17) is 0 Å². The molecule has 1 aromatic heterocycles. The van der Waals surface area contributed by atoms with Crippen LogP contribution < -0.4 is 5.32 Å². The van der Waals surface area contributed by atoms with Crippen LogP contribution in [0.25, 0.3) is 0 Å². The topological polar surface area (TPSA) is 37.3 Å². The Morgan fingerprint density at radius 3 is 3.00 bits per heavy atom. The number of nitrogens with zero attached hydrogens (tertiary/aromatic N) is 2. The van der Waals surface area contributed by atoms with Gasteiger partial charge in [-0.15, -0.1) is 0 Å². The highest BCUT2D eigenvalue weighted by atomic mass is 16.2. The maximum absolute atomic E-state index is 12.7. The second-order valence-corrected chi connectivity index (χ2v) is 5.18. The quantitative estimate of drug-likeness (QED) is 0.883. The maximum Gasteiger partial charge on any atom is 0.270 e. The summed E-state index contributed by atoms with van der Waals surface area (Å²) in [6.45, 7) is 7.90. The zero-order chi connectivity index (χ0) is 13.7. The molecule has 1 N–H and O–H groups in total.